The standard InChI is InChI=1S/C23H35N3O3/c1-18-12-23(29-24-18)16-25(2)14-19-8-7-11-22(13-19)28-17-21(27)15-26(3)20-9-5-4-6-10-20/h7-8,11-13,20-21,27H,4-6,9-10,14-17H2,1-3H3. The number of rotatable bonds is 10. The van der Waals surface area contributed by atoms with Crippen LogP contribution in [-0.4, -0.2) is 59.5 Å². The summed E-state index contributed by atoms with van der Waals surface area (Å²) < 4.78 is 11.2. The summed E-state index contributed by atoms with van der Waals surface area (Å²) in [5, 5.41) is 14.3. The molecule has 0 radical (unpaired) electrons. The largest absolute Gasteiger partial charge is 0.491 e. The molecule has 1 aromatic carbocycles. The molecule has 3 rings (SSSR count). The third kappa shape index (κ3) is 7.14. The molecule has 0 saturated heterocycles. The first-order valence-corrected chi connectivity index (χ1v) is 10.7. The van der Waals surface area contributed by atoms with Crippen LogP contribution in [0.2, 0.25) is 0 Å². The number of hydrogen-bond donors (Lipinski definition) is 1. The number of aryl methyl sites for hydroxylation is 1. The lowest BCUT2D eigenvalue weighted by atomic mass is 9.94. The van der Waals surface area contributed by atoms with Gasteiger partial charge < -0.3 is 19.3 Å². The van der Waals surface area contributed by atoms with E-state index in [4.69, 9.17) is 9.26 Å². The molecule has 160 valence electrons. The molecule has 6 heteroatoms. The summed E-state index contributed by atoms with van der Waals surface area (Å²) in [6.07, 6.45) is 5.96. The minimum atomic E-state index is -0.483. The smallest absolute Gasteiger partial charge is 0.150 e. The predicted octanol–water partition coefficient (Wildman–Crippen LogP) is 3.62. The summed E-state index contributed by atoms with van der Waals surface area (Å²) in [5.41, 5.74) is 2.06. The predicted molar refractivity (Wildman–Crippen MR) is 114 cm³/mol. The maximum absolute atomic E-state index is 10.4. The maximum atomic E-state index is 10.4. The van der Waals surface area contributed by atoms with Gasteiger partial charge in [0, 0.05) is 25.2 Å². The van der Waals surface area contributed by atoms with E-state index in [2.05, 4.69) is 35.1 Å². The number of ether oxygens (including phenoxy) is 1. The van der Waals surface area contributed by atoms with E-state index in [0.29, 0.717) is 25.7 Å². The van der Waals surface area contributed by atoms with Crippen LogP contribution in [-0.2, 0) is 13.1 Å². The van der Waals surface area contributed by atoms with Gasteiger partial charge in [-0.3, -0.25) is 4.90 Å². The van der Waals surface area contributed by atoms with Gasteiger partial charge in [-0.1, -0.05) is 36.6 Å². The van der Waals surface area contributed by atoms with E-state index in [1.807, 2.05) is 31.2 Å². The number of aliphatic hydroxyl groups excluding tert-OH is 1. The van der Waals surface area contributed by atoms with Gasteiger partial charge in [-0.2, -0.15) is 0 Å². The number of likely N-dealkylation sites (N-methyl/N-ethyl adjacent to an activating group) is 1. The molecule has 1 atom stereocenters. The van der Waals surface area contributed by atoms with Crippen molar-refractivity contribution < 1.29 is 14.4 Å². The second-order valence-corrected chi connectivity index (χ2v) is 8.45. The molecule has 6 nitrogen and oxygen atoms in total. The van der Waals surface area contributed by atoms with E-state index in [1.165, 1.54) is 32.1 Å². The number of aliphatic hydroxyl groups is 1. The van der Waals surface area contributed by atoms with Crippen molar-refractivity contribution in [3.63, 3.8) is 0 Å². The van der Waals surface area contributed by atoms with Gasteiger partial charge in [0.05, 0.1) is 12.2 Å². The quantitative estimate of drug-likeness (QED) is 0.656. The highest BCUT2D eigenvalue weighted by molar-refractivity contribution is 5.28. The van der Waals surface area contributed by atoms with E-state index >= 15 is 0 Å². The van der Waals surface area contributed by atoms with Crippen LogP contribution >= 0.6 is 0 Å². The molecule has 0 amide bonds. The fraction of sp³-hybridized carbons (Fsp3) is 0.609. The minimum absolute atomic E-state index is 0.313. The summed E-state index contributed by atoms with van der Waals surface area (Å²) in [7, 11) is 4.17. The van der Waals surface area contributed by atoms with E-state index < -0.39 is 6.10 Å². The van der Waals surface area contributed by atoms with Crippen LogP contribution < -0.4 is 4.74 Å². The van der Waals surface area contributed by atoms with Crippen molar-refractivity contribution >= 4 is 0 Å². The molecule has 1 N–H and O–H groups in total. The van der Waals surface area contributed by atoms with Crippen LogP contribution in [0.3, 0.4) is 0 Å². The molecule has 1 aromatic heterocycles. The van der Waals surface area contributed by atoms with Gasteiger partial charge >= 0.3 is 0 Å². The molecule has 0 aliphatic heterocycles. The summed E-state index contributed by atoms with van der Waals surface area (Å²) >= 11 is 0. The lowest BCUT2D eigenvalue weighted by Gasteiger charge is -2.32. The molecule has 0 spiro atoms. The fourth-order valence-corrected chi connectivity index (χ4v) is 4.11. The van der Waals surface area contributed by atoms with Crippen molar-refractivity contribution in [1.29, 1.82) is 0 Å². The van der Waals surface area contributed by atoms with Gasteiger partial charge in [0.25, 0.3) is 0 Å². The van der Waals surface area contributed by atoms with Crippen LogP contribution in [0, 0.1) is 6.92 Å². The van der Waals surface area contributed by atoms with Gasteiger partial charge in [-0.15, -0.1) is 0 Å². The van der Waals surface area contributed by atoms with Crippen LogP contribution in [0.4, 0.5) is 0 Å². The molecule has 1 fully saturated rings. The van der Waals surface area contributed by atoms with Crippen molar-refractivity contribution in [1.82, 2.24) is 15.0 Å². The minimum Gasteiger partial charge on any atom is -0.491 e. The Morgan fingerprint density at radius 1 is 1.17 bits per heavy atom. The summed E-state index contributed by atoms with van der Waals surface area (Å²) in [4.78, 5) is 4.47. The molecular weight excluding hydrogens is 366 g/mol. The first-order chi connectivity index (χ1) is 14.0. The Hall–Kier alpha value is -1.89. The Bertz CT molecular complexity index is 742. The fourth-order valence-electron chi connectivity index (χ4n) is 4.11. The van der Waals surface area contributed by atoms with Crippen molar-refractivity contribution in [2.24, 2.45) is 0 Å². The SMILES string of the molecule is Cc1cc(CN(C)Cc2cccc(OCC(O)CN(C)C3CCCCC3)c2)on1. The van der Waals surface area contributed by atoms with Crippen molar-refractivity contribution in [2.45, 2.75) is 64.3 Å². The normalized spacial score (nSPS) is 16.5. The lowest BCUT2D eigenvalue weighted by molar-refractivity contribution is 0.0561. The van der Waals surface area contributed by atoms with Crippen molar-refractivity contribution in [2.75, 3.05) is 27.2 Å². The molecule has 29 heavy (non-hydrogen) atoms. The maximum Gasteiger partial charge on any atom is 0.150 e. The Balaban J connectivity index is 1.43. The van der Waals surface area contributed by atoms with Crippen molar-refractivity contribution in [3.8, 4) is 5.75 Å². The lowest BCUT2D eigenvalue weighted by Crippen LogP contribution is -2.40. The highest BCUT2D eigenvalue weighted by Crippen LogP contribution is 2.22. The molecule has 1 unspecified atom stereocenters. The summed E-state index contributed by atoms with van der Waals surface area (Å²) in [6.45, 7) is 4.38. The Morgan fingerprint density at radius 3 is 2.69 bits per heavy atom. The van der Waals surface area contributed by atoms with Crippen LogP contribution in [0.1, 0.15) is 49.1 Å². The molecule has 1 heterocycles. The molecule has 1 aliphatic carbocycles. The summed E-state index contributed by atoms with van der Waals surface area (Å²) in [5.74, 6) is 1.66. The van der Waals surface area contributed by atoms with Gasteiger partial charge in [0.2, 0.25) is 0 Å². The van der Waals surface area contributed by atoms with Gasteiger partial charge in [0.1, 0.15) is 18.5 Å². The Morgan fingerprint density at radius 2 is 1.97 bits per heavy atom. The first-order valence-electron chi connectivity index (χ1n) is 10.7. The van der Waals surface area contributed by atoms with Gasteiger partial charge in [-0.25, -0.2) is 0 Å². The average Bonchev–Trinajstić information content (AvgIpc) is 3.11. The van der Waals surface area contributed by atoms with Crippen LogP contribution in [0.25, 0.3) is 0 Å². The number of hydrogen-bond acceptors (Lipinski definition) is 6. The van der Waals surface area contributed by atoms with Crippen molar-refractivity contribution in [3.05, 3.63) is 47.3 Å². The van der Waals surface area contributed by atoms with Crippen LogP contribution in [0.5, 0.6) is 5.75 Å². The number of aromatic nitrogens is 1. The molecule has 2 aromatic rings. The number of nitrogens with zero attached hydrogens (tertiary/aromatic N) is 3. The third-order valence-electron chi connectivity index (χ3n) is 5.59. The second kappa shape index (κ2) is 10.8. The zero-order valence-corrected chi connectivity index (χ0v) is 18.0. The Kier molecular flexibility index (Phi) is 8.09. The zero-order chi connectivity index (χ0) is 20.6. The highest BCUT2D eigenvalue weighted by Gasteiger charge is 2.20. The van der Waals surface area contributed by atoms with Gasteiger partial charge in [0.15, 0.2) is 5.76 Å². The van der Waals surface area contributed by atoms with E-state index in [9.17, 15) is 5.11 Å². The topological polar surface area (TPSA) is 62.0 Å². The average molecular weight is 402 g/mol. The Labute approximate surface area is 174 Å². The second-order valence-electron chi connectivity index (χ2n) is 8.45. The molecule has 1 aliphatic rings. The highest BCUT2D eigenvalue weighted by atomic mass is 16.5. The molecule has 0 bridgehead atoms. The molecule has 1 saturated carbocycles. The van der Waals surface area contributed by atoms with E-state index in [1.54, 1.807) is 0 Å². The van der Waals surface area contributed by atoms with E-state index in [0.717, 1.165) is 29.3 Å². The van der Waals surface area contributed by atoms with Crippen LogP contribution in [0.15, 0.2) is 34.9 Å². The zero-order valence-electron chi connectivity index (χ0n) is 18.0. The third-order valence-corrected chi connectivity index (χ3v) is 5.59. The first kappa shape index (κ1) is 21.8. The monoisotopic (exact) mass is 401 g/mol. The van der Waals surface area contributed by atoms with Gasteiger partial charge in [-0.05, 0) is 51.6 Å². The summed E-state index contributed by atoms with van der Waals surface area (Å²) in [6, 6.07) is 10.6. The van der Waals surface area contributed by atoms with E-state index in [-0.39, 0.29) is 0 Å². The number of benzene rings is 1. The molecular formula is C23H35N3O3.